The summed E-state index contributed by atoms with van der Waals surface area (Å²) in [5.74, 6) is 1.57. The van der Waals surface area contributed by atoms with Gasteiger partial charge in [0.25, 0.3) is 0 Å². The van der Waals surface area contributed by atoms with Crippen molar-refractivity contribution in [2.45, 2.75) is 6.92 Å². The van der Waals surface area contributed by atoms with Crippen LogP contribution in [0.25, 0.3) is 0 Å². The summed E-state index contributed by atoms with van der Waals surface area (Å²) in [5, 5.41) is 0.752. The van der Waals surface area contributed by atoms with Crippen molar-refractivity contribution in [1.82, 2.24) is 0 Å². The van der Waals surface area contributed by atoms with E-state index in [1.807, 2.05) is 43.3 Å². The predicted molar refractivity (Wildman–Crippen MR) is 61.5 cm³/mol. The fraction of sp³-hybridized carbons (Fsp3) is 0.0769. The minimum absolute atomic E-state index is 0.752. The number of rotatable bonds is 2. The lowest BCUT2D eigenvalue weighted by Crippen LogP contribution is -1.84. The first kappa shape index (κ1) is 10.1. The van der Waals surface area contributed by atoms with Crippen LogP contribution in [0.2, 0.25) is 5.02 Å². The molecule has 2 rings (SSSR count). The van der Waals surface area contributed by atoms with Gasteiger partial charge >= 0.3 is 0 Å². The Kier molecular flexibility index (Phi) is 2.93. The molecule has 2 aromatic carbocycles. The molecule has 0 aromatic heterocycles. The van der Waals surface area contributed by atoms with Crippen molar-refractivity contribution in [2.75, 3.05) is 0 Å². The van der Waals surface area contributed by atoms with Crippen molar-refractivity contribution in [3.05, 3.63) is 59.1 Å². The van der Waals surface area contributed by atoms with Gasteiger partial charge in [0.2, 0.25) is 0 Å². The van der Waals surface area contributed by atoms with Crippen LogP contribution >= 0.6 is 11.6 Å². The van der Waals surface area contributed by atoms with Crippen LogP contribution in [0, 0.1) is 13.0 Å². The molecule has 0 heterocycles. The largest absolute Gasteiger partial charge is 0.457 e. The molecule has 0 atom stereocenters. The van der Waals surface area contributed by atoms with Gasteiger partial charge in [0.05, 0.1) is 0 Å². The predicted octanol–water partition coefficient (Wildman–Crippen LogP) is 4.24. The molecular formula is C13H10ClO. The van der Waals surface area contributed by atoms with Gasteiger partial charge in [-0.2, -0.15) is 0 Å². The summed E-state index contributed by atoms with van der Waals surface area (Å²) in [6, 6.07) is 16.0. The third-order valence-electron chi connectivity index (χ3n) is 2.04. The van der Waals surface area contributed by atoms with Crippen molar-refractivity contribution in [3.63, 3.8) is 0 Å². The van der Waals surface area contributed by atoms with Crippen LogP contribution in [0.4, 0.5) is 0 Å². The van der Waals surface area contributed by atoms with Crippen LogP contribution in [0.5, 0.6) is 11.5 Å². The number of aryl methyl sites for hydroxylation is 1. The molecule has 2 heteroatoms. The third kappa shape index (κ3) is 2.51. The monoisotopic (exact) mass is 217 g/mol. The van der Waals surface area contributed by atoms with E-state index in [0.717, 1.165) is 22.1 Å². The maximum Gasteiger partial charge on any atom is 0.128 e. The third-order valence-corrected chi connectivity index (χ3v) is 2.47. The molecule has 0 unspecified atom stereocenters. The number of halogens is 1. The first-order valence-corrected chi connectivity index (χ1v) is 5.03. The molecule has 15 heavy (non-hydrogen) atoms. The van der Waals surface area contributed by atoms with E-state index in [1.54, 1.807) is 6.07 Å². The van der Waals surface area contributed by atoms with Gasteiger partial charge in [-0.3, -0.25) is 0 Å². The van der Waals surface area contributed by atoms with E-state index in [1.165, 1.54) is 0 Å². The van der Waals surface area contributed by atoms with E-state index in [-0.39, 0.29) is 0 Å². The van der Waals surface area contributed by atoms with E-state index < -0.39 is 0 Å². The Labute approximate surface area is 94.3 Å². The Bertz CT molecular complexity index is 451. The molecule has 1 radical (unpaired) electrons. The lowest BCUT2D eigenvalue weighted by Gasteiger charge is -2.06. The van der Waals surface area contributed by atoms with E-state index in [2.05, 4.69) is 6.07 Å². The van der Waals surface area contributed by atoms with Crippen molar-refractivity contribution in [2.24, 2.45) is 0 Å². The van der Waals surface area contributed by atoms with Crippen LogP contribution < -0.4 is 4.74 Å². The van der Waals surface area contributed by atoms with Gasteiger partial charge in [-0.05, 0) is 48.9 Å². The highest BCUT2D eigenvalue weighted by atomic mass is 35.5. The molecule has 0 saturated carbocycles. The maximum atomic E-state index is 5.92. The van der Waals surface area contributed by atoms with E-state index in [0.29, 0.717) is 0 Å². The molecule has 0 bridgehead atoms. The first-order valence-electron chi connectivity index (χ1n) is 4.66. The summed E-state index contributed by atoms with van der Waals surface area (Å²) in [5.41, 5.74) is 1.01. The standard InChI is InChI=1S/C13H10ClO/c1-10-9-12(7-8-13(10)14)15-11-5-3-2-4-6-11/h2-3,5-9H,1H3. The molecule has 75 valence electrons. The van der Waals surface area contributed by atoms with Gasteiger partial charge < -0.3 is 4.74 Å². The lowest BCUT2D eigenvalue weighted by molar-refractivity contribution is 0.482. The Morgan fingerprint density at radius 3 is 2.73 bits per heavy atom. The highest BCUT2D eigenvalue weighted by Gasteiger charge is 1.99. The molecule has 0 aliphatic carbocycles. The Morgan fingerprint density at radius 1 is 1.20 bits per heavy atom. The minimum atomic E-state index is 0.752. The second-order valence-corrected chi connectivity index (χ2v) is 3.66. The fourth-order valence-corrected chi connectivity index (χ4v) is 1.37. The molecule has 0 fully saturated rings. The summed E-state index contributed by atoms with van der Waals surface area (Å²) in [6.07, 6.45) is 0. The molecule has 0 spiro atoms. The van der Waals surface area contributed by atoms with Crippen molar-refractivity contribution < 1.29 is 4.74 Å². The summed E-state index contributed by atoms with van der Waals surface area (Å²) in [6.45, 7) is 1.95. The number of benzene rings is 2. The second-order valence-electron chi connectivity index (χ2n) is 3.25. The summed E-state index contributed by atoms with van der Waals surface area (Å²) in [4.78, 5) is 0. The zero-order chi connectivity index (χ0) is 10.7. The molecule has 2 aromatic rings. The van der Waals surface area contributed by atoms with Gasteiger partial charge in [0.1, 0.15) is 11.5 Å². The second kappa shape index (κ2) is 4.37. The van der Waals surface area contributed by atoms with Gasteiger partial charge in [-0.15, -0.1) is 0 Å². The lowest BCUT2D eigenvalue weighted by atomic mass is 10.2. The number of ether oxygens (including phenoxy) is 1. The molecule has 0 N–H and O–H groups in total. The Hall–Kier alpha value is -1.47. The smallest absolute Gasteiger partial charge is 0.128 e. The molecule has 1 nitrogen and oxygen atoms in total. The van der Waals surface area contributed by atoms with Crippen molar-refractivity contribution >= 4 is 11.6 Å². The molecule has 0 aliphatic rings. The first-order chi connectivity index (χ1) is 7.25. The van der Waals surface area contributed by atoms with Crippen molar-refractivity contribution in [1.29, 1.82) is 0 Å². The summed E-state index contributed by atoms with van der Waals surface area (Å²) < 4.78 is 5.62. The van der Waals surface area contributed by atoms with Crippen LogP contribution in [-0.4, -0.2) is 0 Å². The zero-order valence-electron chi connectivity index (χ0n) is 8.33. The van der Waals surface area contributed by atoms with Gasteiger partial charge in [0, 0.05) is 5.02 Å². The van der Waals surface area contributed by atoms with E-state index in [9.17, 15) is 0 Å². The van der Waals surface area contributed by atoms with Crippen LogP contribution in [0.1, 0.15) is 5.56 Å². The molecular weight excluding hydrogens is 208 g/mol. The Balaban J connectivity index is 2.22. The molecule has 0 aliphatic heterocycles. The quantitative estimate of drug-likeness (QED) is 0.731. The van der Waals surface area contributed by atoms with Crippen LogP contribution in [-0.2, 0) is 0 Å². The SMILES string of the molecule is Cc1cc(Oc2c[c]ccc2)ccc1Cl. The van der Waals surface area contributed by atoms with E-state index in [4.69, 9.17) is 16.3 Å². The average molecular weight is 218 g/mol. The number of hydrogen-bond donors (Lipinski definition) is 0. The molecule has 0 amide bonds. The fourth-order valence-electron chi connectivity index (χ4n) is 1.26. The van der Waals surface area contributed by atoms with Crippen LogP contribution in [0.15, 0.2) is 42.5 Å². The van der Waals surface area contributed by atoms with Gasteiger partial charge in [0.15, 0.2) is 0 Å². The minimum Gasteiger partial charge on any atom is -0.457 e. The van der Waals surface area contributed by atoms with E-state index >= 15 is 0 Å². The maximum absolute atomic E-state index is 5.92. The summed E-state index contributed by atoms with van der Waals surface area (Å²) in [7, 11) is 0. The van der Waals surface area contributed by atoms with Gasteiger partial charge in [-0.1, -0.05) is 23.7 Å². The highest BCUT2D eigenvalue weighted by Crippen LogP contribution is 2.25. The van der Waals surface area contributed by atoms with Crippen LogP contribution in [0.3, 0.4) is 0 Å². The number of hydrogen-bond acceptors (Lipinski definition) is 1. The van der Waals surface area contributed by atoms with Crippen molar-refractivity contribution in [3.8, 4) is 11.5 Å². The molecule has 0 saturated heterocycles. The normalized spacial score (nSPS) is 10.0. The zero-order valence-corrected chi connectivity index (χ0v) is 9.08. The Morgan fingerprint density at radius 2 is 2.07 bits per heavy atom. The summed E-state index contributed by atoms with van der Waals surface area (Å²) >= 11 is 5.92. The highest BCUT2D eigenvalue weighted by molar-refractivity contribution is 6.31. The average Bonchev–Trinajstić information content (AvgIpc) is 2.25. The van der Waals surface area contributed by atoms with Gasteiger partial charge in [-0.25, -0.2) is 0 Å². The topological polar surface area (TPSA) is 9.23 Å².